The Morgan fingerprint density at radius 3 is 1.31 bits per heavy atom. The van der Waals surface area contributed by atoms with E-state index < -0.39 is 19.0 Å². The van der Waals surface area contributed by atoms with Gasteiger partial charge >= 0.3 is 0 Å². The molecule has 1 atom stereocenters. The van der Waals surface area contributed by atoms with Crippen molar-refractivity contribution in [3.05, 3.63) is 107 Å². The molecule has 1 unspecified atom stereocenters. The standard InChI is InChI=1S/C56H80F3O4P/c1-3-5-21-27-46-29-33-48(34-30-46)50-37-39-53(52(57)45-50)62-41-23-17-13-9-7-11-15-19-25-43-64(60,61)44-26-20-16-12-8-10-14-18-24-42-63-54-40-38-51(55(58)56(54)59)49-35-31-47(32-36-49)28-22-6-4-2/h29-40,45H,3-28,41-44H2,1-2H3,(H,60,61). The molecule has 4 nitrogen and oxygen atoms in total. The highest BCUT2D eigenvalue weighted by atomic mass is 31.2. The summed E-state index contributed by atoms with van der Waals surface area (Å²) in [6.07, 6.45) is 28.8. The minimum absolute atomic E-state index is 0.0320. The molecule has 4 aromatic carbocycles. The fourth-order valence-corrected chi connectivity index (χ4v) is 10.1. The molecule has 0 aliphatic rings. The van der Waals surface area contributed by atoms with Crippen molar-refractivity contribution in [2.75, 3.05) is 25.5 Å². The maximum Gasteiger partial charge on any atom is 0.201 e. The summed E-state index contributed by atoms with van der Waals surface area (Å²) in [6, 6.07) is 24.6. The Labute approximate surface area is 385 Å². The number of rotatable bonds is 36. The summed E-state index contributed by atoms with van der Waals surface area (Å²) in [4.78, 5) is 10.5. The molecule has 0 amide bonds. The average molecular weight is 905 g/mol. The topological polar surface area (TPSA) is 55.8 Å². The molecule has 354 valence electrons. The van der Waals surface area contributed by atoms with Gasteiger partial charge in [-0.05, 0) is 103 Å². The molecule has 4 aromatic rings. The molecule has 64 heavy (non-hydrogen) atoms. The van der Waals surface area contributed by atoms with Crippen molar-refractivity contribution in [1.29, 1.82) is 0 Å². The molecule has 1 N–H and O–H groups in total. The molecule has 0 aromatic heterocycles. The van der Waals surface area contributed by atoms with Crippen molar-refractivity contribution >= 4 is 7.37 Å². The van der Waals surface area contributed by atoms with Gasteiger partial charge in [0, 0.05) is 17.9 Å². The van der Waals surface area contributed by atoms with Gasteiger partial charge in [0.05, 0.1) is 13.2 Å². The van der Waals surface area contributed by atoms with Crippen LogP contribution in [0.4, 0.5) is 13.2 Å². The highest BCUT2D eigenvalue weighted by Crippen LogP contribution is 2.42. The number of hydrogen-bond donors (Lipinski definition) is 1. The zero-order valence-electron chi connectivity index (χ0n) is 39.5. The molecule has 0 aliphatic heterocycles. The molecule has 0 radical (unpaired) electrons. The van der Waals surface area contributed by atoms with E-state index in [0.29, 0.717) is 36.9 Å². The molecule has 4 rings (SSSR count). The Morgan fingerprint density at radius 2 is 0.844 bits per heavy atom. The number of unbranched alkanes of at least 4 members (excludes halogenated alkanes) is 20. The Kier molecular flexibility index (Phi) is 26.0. The number of aryl methyl sites for hydroxylation is 2. The van der Waals surface area contributed by atoms with Gasteiger partial charge in [-0.25, -0.2) is 8.78 Å². The Bertz CT molecular complexity index is 1900. The first kappa shape index (κ1) is 53.1. The lowest BCUT2D eigenvalue weighted by atomic mass is 10.0. The SMILES string of the molecule is CCCCCc1ccc(-c2ccc(OCCCCCCCCCCCP(=O)(O)CCCCCCCCCCCOc3ccc(-c4ccc(CCCCC)cc4)c(F)c3F)c(F)c2)cc1. The van der Waals surface area contributed by atoms with E-state index in [0.717, 1.165) is 133 Å². The van der Waals surface area contributed by atoms with E-state index >= 15 is 0 Å². The third-order valence-corrected chi connectivity index (χ3v) is 14.5. The van der Waals surface area contributed by atoms with Crippen LogP contribution in [0.5, 0.6) is 11.5 Å². The Balaban J connectivity index is 0.909. The van der Waals surface area contributed by atoms with Crippen LogP contribution >= 0.6 is 7.37 Å². The summed E-state index contributed by atoms with van der Waals surface area (Å²) in [6.45, 7) is 5.27. The van der Waals surface area contributed by atoms with Gasteiger partial charge in [-0.2, -0.15) is 4.39 Å². The maximum atomic E-state index is 14.9. The van der Waals surface area contributed by atoms with Crippen molar-refractivity contribution in [2.24, 2.45) is 0 Å². The van der Waals surface area contributed by atoms with Crippen LogP contribution in [-0.2, 0) is 17.4 Å². The van der Waals surface area contributed by atoms with Crippen molar-refractivity contribution in [3.8, 4) is 33.8 Å². The summed E-state index contributed by atoms with van der Waals surface area (Å²) in [5, 5.41) is 0. The predicted octanol–water partition coefficient (Wildman–Crippen LogP) is 17.7. The highest BCUT2D eigenvalue weighted by Gasteiger charge is 2.18. The largest absolute Gasteiger partial charge is 0.491 e. The first-order valence-corrected chi connectivity index (χ1v) is 27.3. The zero-order chi connectivity index (χ0) is 45.7. The molecular weight excluding hydrogens is 825 g/mol. The quantitative estimate of drug-likeness (QED) is 0.0365. The van der Waals surface area contributed by atoms with E-state index in [1.54, 1.807) is 18.2 Å². The van der Waals surface area contributed by atoms with Gasteiger partial charge in [0.15, 0.2) is 23.1 Å². The van der Waals surface area contributed by atoms with Gasteiger partial charge in [0.1, 0.15) is 0 Å². The van der Waals surface area contributed by atoms with Gasteiger partial charge in [-0.15, -0.1) is 0 Å². The highest BCUT2D eigenvalue weighted by molar-refractivity contribution is 7.57. The summed E-state index contributed by atoms with van der Waals surface area (Å²) < 4.78 is 68.5. The number of ether oxygens (including phenoxy) is 2. The fraction of sp³-hybridized carbons (Fsp3) is 0.571. The third kappa shape index (κ3) is 20.7. The van der Waals surface area contributed by atoms with Crippen LogP contribution in [0, 0.1) is 17.5 Å². The summed E-state index contributed by atoms with van der Waals surface area (Å²) in [7, 11) is -3.04. The second-order valence-electron chi connectivity index (χ2n) is 18.0. The first-order valence-electron chi connectivity index (χ1n) is 25.2. The van der Waals surface area contributed by atoms with Crippen LogP contribution in [0.1, 0.15) is 179 Å². The van der Waals surface area contributed by atoms with Gasteiger partial charge in [0.2, 0.25) is 13.2 Å². The van der Waals surface area contributed by atoms with E-state index in [9.17, 15) is 22.6 Å². The minimum atomic E-state index is -3.04. The fourth-order valence-electron chi connectivity index (χ4n) is 8.41. The molecule has 0 heterocycles. The Hall–Kier alpha value is -3.54. The second kappa shape index (κ2) is 31.4. The van der Waals surface area contributed by atoms with Crippen LogP contribution < -0.4 is 9.47 Å². The zero-order valence-corrected chi connectivity index (χ0v) is 40.4. The molecule has 8 heteroatoms. The molecule has 0 bridgehead atoms. The minimum Gasteiger partial charge on any atom is -0.491 e. The maximum absolute atomic E-state index is 14.9. The van der Waals surface area contributed by atoms with Crippen LogP contribution in [0.25, 0.3) is 22.3 Å². The lowest BCUT2D eigenvalue weighted by molar-refractivity contribution is 0.285. The second-order valence-corrected chi connectivity index (χ2v) is 20.6. The van der Waals surface area contributed by atoms with Crippen molar-refractivity contribution in [1.82, 2.24) is 0 Å². The van der Waals surface area contributed by atoms with Crippen LogP contribution in [0.2, 0.25) is 0 Å². The van der Waals surface area contributed by atoms with E-state index in [-0.39, 0.29) is 17.1 Å². The predicted molar refractivity (Wildman–Crippen MR) is 264 cm³/mol. The van der Waals surface area contributed by atoms with Gasteiger partial charge in [-0.3, -0.25) is 4.57 Å². The number of hydrogen-bond acceptors (Lipinski definition) is 3. The van der Waals surface area contributed by atoms with Crippen LogP contribution in [0.15, 0.2) is 78.9 Å². The Morgan fingerprint density at radius 1 is 0.438 bits per heavy atom. The van der Waals surface area contributed by atoms with Crippen LogP contribution in [0.3, 0.4) is 0 Å². The lowest BCUT2D eigenvalue weighted by Gasteiger charge is -2.11. The van der Waals surface area contributed by atoms with E-state index in [1.165, 1.54) is 62.1 Å². The molecular formula is C56H80F3O4P. The van der Waals surface area contributed by atoms with E-state index in [1.807, 2.05) is 30.3 Å². The summed E-state index contributed by atoms with van der Waals surface area (Å²) >= 11 is 0. The number of benzene rings is 4. The van der Waals surface area contributed by atoms with E-state index in [2.05, 4.69) is 38.1 Å². The average Bonchev–Trinajstić information content (AvgIpc) is 3.29. The van der Waals surface area contributed by atoms with Crippen molar-refractivity contribution in [2.45, 2.75) is 181 Å². The van der Waals surface area contributed by atoms with Crippen molar-refractivity contribution < 1.29 is 32.1 Å². The summed E-state index contributed by atoms with van der Waals surface area (Å²) in [5.74, 6) is -1.82. The molecule has 0 spiro atoms. The first-order chi connectivity index (χ1) is 31.2. The molecule has 0 saturated carbocycles. The van der Waals surface area contributed by atoms with Gasteiger partial charge in [0.25, 0.3) is 0 Å². The number of halogens is 3. The van der Waals surface area contributed by atoms with Crippen LogP contribution in [-0.4, -0.2) is 30.4 Å². The smallest absolute Gasteiger partial charge is 0.201 e. The molecule has 0 aliphatic carbocycles. The lowest BCUT2D eigenvalue weighted by Crippen LogP contribution is -2.02. The third-order valence-electron chi connectivity index (χ3n) is 12.5. The monoisotopic (exact) mass is 905 g/mol. The van der Waals surface area contributed by atoms with Crippen molar-refractivity contribution in [3.63, 3.8) is 0 Å². The van der Waals surface area contributed by atoms with E-state index in [4.69, 9.17) is 9.47 Å². The molecule has 0 saturated heterocycles. The molecule has 0 fully saturated rings. The van der Waals surface area contributed by atoms with Gasteiger partial charge < -0.3 is 14.4 Å². The normalized spacial score (nSPS) is 12.4. The van der Waals surface area contributed by atoms with Gasteiger partial charge in [-0.1, -0.05) is 184 Å². The summed E-state index contributed by atoms with van der Waals surface area (Å²) in [5.41, 5.74) is 5.35.